The number of carbonyl (C=O) groups excluding carboxylic acids is 1. The van der Waals surface area contributed by atoms with E-state index < -0.39 is 6.10 Å². The standard InChI is InChI=1S/C18H28O4/c1-6-13-9-17(21)12(4)18(22-5)15(13)8-11(3)16(20)10-14(19)7-2/h9,11,14,19,21H,6-8,10H2,1-5H3/t11-,14+/m1/s1. The summed E-state index contributed by atoms with van der Waals surface area (Å²) in [5.74, 6) is 0.749. The highest BCUT2D eigenvalue weighted by Crippen LogP contribution is 2.35. The molecule has 0 aromatic heterocycles. The molecule has 0 fully saturated rings. The summed E-state index contributed by atoms with van der Waals surface area (Å²) in [5, 5.41) is 19.6. The summed E-state index contributed by atoms with van der Waals surface area (Å²) in [4.78, 5) is 12.2. The fourth-order valence-electron chi connectivity index (χ4n) is 2.66. The number of aryl methyl sites for hydroxylation is 1. The van der Waals surface area contributed by atoms with E-state index in [0.29, 0.717) is 24.2 Å². The number of hydrogen-bond donors (Lipinski definition) is 2. The zero-order valence-corrected chi connectivity index (χ0v) is 14.3. The summed E-state index contributed by atoms with van der Waals surface area (Å²) in [7, 11) is 1.58. The number of phenols is 1. The Hall–Kier alpha value is -1.55. The highest BCUT2D eigenvalue weighted by Gasteiger charge is 2.22. The number of ether oxygens (including phenoxy) is 1. The molecule has 0 aliphatic heterocycles. The third-order valence-electron chi connectivity index (χ3n) is 4.25. The lowest BCUT2D eigenvalue weighted by Crippen LogP contribution is -2.20. The van der Waals surface area contributed by atoms with Crippen molar-refractivity contribution >= 4 is 5.78 Å². The molecular formula is C18H28O4. The molecule has 0 amide bonds. The number of benzene rings is 1. The molecule has 0 saturated heterocycles. The number of ketones is 1. The van der Waals surface area contributed by atoms with Crippen molar-refractivity contribution in [3.05, 3.63) is 22.8 Å². The average Bonchev–Trinajstić information content (AvgIpc) is 2.50. The minimum absolute atomic E-state index is 0.0594. The van der Waals surface area contributed by atoms with E-state index in [1.807, 2.05) is 27.7 Å². The molecule has 0 unspecified atom stereocenters. The lowest BCUT2D eigenvalue weighted by Gasteiger charge is -2.20. The van der Waals surface area contributed by atoms with Crippen LogP contribution in [0.15, 0.2) is 6.07 Å². The molecule has 0 spiro atoms. The normalized spacial score (nSPS) is 13.7. The molecule has 4 nitrogen and oxygen atoms in total. The molecule has 2 atom stereocenters. The molecule has 0 aliphatic carbocycles. The lowest BCUT2D eigenvalue weighted by atomic mass is 9.88. The second-order valence-electron chi connectivity index (χ2n) is 5.88. The van der Waals surface area contributed by atoms with E-state index in [1.165, 1.54) is 0 Å². The number of carbonyl (C=O) groups is 1. The van der Waals surface area contributed by atoms with Crippen molar-refractivity contribution in [1.29, 1.82) is 0 Å². The Morgan fingerprint density at radius 3 is 2.50 bits per heavy atom. The number of phenolic OH excluding ortho intramolecular Hbond substituents is 1. The van der Waals surface area contributed by atoms with Gasteiger partial charge < -0.3 is 14.9 Å². The van der Waals surface area contributed by atoms with Crippen LogP contribution in [0, 0.1) is 12.8 Å². The van der Waals surface area contributed by atoms with E-state index >= 15 is 0 Å². The van der Waals surface area contributed by atoms with E-state index in [0.717, 1.165) is 17.5 Å². The van der Waals surface area contributed by atoms with Crippen LogP contribution < -0.4 is 4.74 Å². The Labute approximate surface area is 133 Å². The van der Waals surface area contributed by atoms with Gasteiger partial charge in [0.15, 0.2) is 0 Å². The van der Waals surface area contributed by atoms with Crippen molar-refractivity contribution in [1.82, 2.24) is 0 Å². The van der Waals surface area contributed by atoms with Gasteiger partial charge in [0.1, 0.15) is 17.3 Å². The minimum Gasteiger partial charge on any atom is -0.508 e. The van der Waals surface area contributed by atoms with Gasteiger partial charge in [0.25, 0.3) is 0 Å². The van der Waals surface area contributed by atoms with Crippen LogP contribution in [0.25, 0.3) is 0 Å². The van der Waals surface area contributed by atoms with Gasteiger partial charge in [0.2, 0.25) is 0 Å². The quantitative estimate of drug-likeness (QED) is 0.774. The Bertz CT molecular complexity index is 522. The van der Waals surface area contributed by atoms with Crippen molar-refractivity contribution in [2.24, 2.45) is 5.92 Å². The summed E-state index contributed by atoms with van der Waals surface area (Å²) >= 11 is 0. The van der Waals surface area contributed by atoms with Crippen LogP contribution in [0.1, 0.15) is 50.3 Å². The highest BCUT2D eigenvalue weighted by molar-refractivity contribution is 5.81. The summed E-state index contributed by atoms with van der Waals surface area (Å²) < 4.78 is 5.46. The van der Waals surface area contributed by atoms with Crippen molar-refractivity contribution in [3.8, 4) is 11.5 Å². The summed E-state index contributed by atoms with van der Waals surface area (Å²) in [6.45, 7) is 7.57. The predicted octanol–water partition coefficient (Wildman–Crippen LogP) is 3.18. The molecule has 2 N–H and O–H groups in total. The van der Waals surface area contributed by atoms with Gasteiger partial charge in [0, 0.05) is 17.9 Å². The number of aromatic hydroxyl groups is 1. The van der Waals surface area contributed by atoms with Crippen LogP contribution in [0.2, 0.25) is 0 Å². The molecule has 0 heterocycles. The smallest absolute Gasteiger partial charge is 0.138 e. The van der Waals surface area contributed by atoms with Crippen LogP contribution in [0.3, 0.4) is 0 Å². The van der Waals surface area contributed by atoms with Crippen LogP contribution in [-0.2, 0) is 17.6 Å². The highest BCUT2D eigenvalue weighted by atomic mass is 16.5. The van der Waals surface area contributed by atoms with Gasteiger partial charge in [-0.25, -0.2) is 0 Å². The van der Waals surface area contributed by atoms with Gasteiger partial charge in [-0.1, -0.05) is 20.8 Å². The van der Waals surface area contributed by atoms with Crippen molar-refractivity contribution in [2.75, 3.05) is 7.11 Å². The Morgan fingerprint density at radius 2 is 2.00 bits per heavy atom. The predicted molar refractivity (Wildman–Crippen MR) is 87.6 cm³/mol. The van der Waals surface area contributed by atoms with Gasteiger partial charge in [-0.15, -0.1) is 0 Å². The van der Waals surface area contributed by atoms with Crippen LogP contribution >= 0.6 is 0 Å². The Balaban J connectivity index is 3.06. The van der Waals surface area contributed by atoms with Gasteiger partial charge >= 0.3 is 0 Å². The van der Waals surface area contributed by atoms with Gasteiger partial charge in [0.05, 0.1) is 13.2 Å². The van der Waals surface area contributed by atoms with Crippen molar-refractivity contribution in [2.45, 2.75) is 59.5 Å². The Kier molecular flexibility index (Phi) is 6.88. The maximum atomic E-state index is 12.2. The van der Waals surface area contributed by atoms with Gasteiger partial charge in [-0.3, -0.25) is 4.79 Å². The first-order chi connectivity index (χ1) is 10.3. The maximum Gasteiger partial charge on any atom is 0.138 e. The van der Waals surface area contributed by atoms with E-state index in [1.54, 1.807) is 13.2 Å². The molecule has 1 aromatic rings. The molecule has 1 aromatic carbocycles. The molecule has 0 bridgehead atoms. The maximum absolute atomic E-state index is 12.2. The molecule has 0 saturated carbocycles. The third-order valence-corrected chi connectivity index (χ3v) is 4.25. The van der Waals surface area contributed by atoms with Crippen LogP contribution in [0.4, 0.5) is 0 Å². The fraction of sp³-hybridized carbons (Fsp3) is 0.611. The third kappa shape index (κ3) is 4.23. The van der Waals surface area contributed by atoms with E-state index in [4.69, 9.17) is 4.74 Å². The SMILES string of the molecule is CCc1cc(O)c(C)c(OC)c1C[C@@H](C)C(=O)C[C@@H](O)CC. The zero-order valence-electron chi connectivity index (χ0n) is 14.3. The summed E-state index contributed by atoms with van der Waals surface area (Å²) in [6.07, 6.45) is 1.53. The summed E-state index contributed by atoms with van der Waals surface area (Å²) in [5.41, 5.74) is 2.67. The molecule has 0 radical (unpaired) electrons. The van der Waals surface area contributed by atoms with Gasteiger partial charge in [-0.2, -0.15) is 0 Å². The number of rotatable bonds is 8. The fourth-order valence-corrected chi connectivity index (χ4v) is 2.66. The lowest BCUT2D eigenvalue weighted by molar-refractivity contribution is -0.124. The number of aliphatic hydroxyl groups is 1. The average molecular weight is 308 g/mol. The molecule has 0 aliphatic rings. The van der Waals surface area contributed by atoms with E-state index in [-0.39, 0.29) is 23.9 Å². The second kappa shape index (κ2) is 8.18. The first kappa shape index (κ1) is 18.5. The Morgan fingerprint density at radius 1 is 1.36 bits per heavy atom. The number of Topliss-reactive ketones (excluding diaryl/α,β-unsaturated/α-hetero) is 1. The molecule has 22 heavy (non-hydrogen) atoms. The first-order valence-corrected chi connectivity index (χ1v) is 7.94. The van der Waals surface area contributed by atoms with Crippen molar-refractivity contribution < 1.29 is 19.7 Å². The summed E-state index contributed by atoms with van der Waals surface area (Å²) in [6, 6.07) is 1.76. The largest absolute Gasteiger partial charge is 0.508 e. The number of hydrogen-bond acceptors (Lipinski definition) is 4. The zero-order chi connectivity index (χ0) is 16.9. The second-order valence-corrected chi connectivity index (χ2v) is 5.88. The van der Waals surface area contributed by atoms with Crippen molar-refractivity contribution in [3.63, 3.8) is 0 Å². The van der Waals surface area contributed by atoms with Gasteiger partial charge in [-0.05, 0) is 43.4 Å². The molecule has 4 heteroatoms. The monoisotopic (exact) mass is 308 g/mol. The van der Waals surface area contributed by atoms with Crippen LogP contribution in [-0.4, -0.2) is 29.2 Å². The van der Waals surface area contributed by atoms with E-state index in [2.05, 4.69) is 0 Å². The topological polar surface area (TPSA) is 66.8 Å². The van der Waals surface area contributed by atoms with Crippen LogP contribution in [0.5, 0.6) is 11.5 Å². The molecule has 124 valence electrons. The first-order valence-electron chi connectivity index (χ1n) is 7.94. The number of methoxy groups -OCH3 is 1. The molecule has 1 rings (SSSR count). The molecular weight excluding hydrogens is 280 g/mol. The number of aliphatic hydroxyl groups excluding tert-OH is 1. The minimum atomic E-state index is -0.566. The van der Waals surface area contributed by atoms with E-state index in [9.17, 15) is 15.0 Å².